The van der Waals surface area contributed by atoms with Crippen LogP contribution in [-0.2, 0) is 19.7 Å². The predicted octanol–water partition coefficient (Wildman–Crippen LogP) is 6.00. The Labute approximate surface area is 240 Å². The molecule has 0 radical (unpaired) electrons. The number of hydrogen-bond acceptors (Lipinski definition) is 5. The largest absolute Gasteiger partial charge is 0.489 e. The van der Waals surface area contributed by atoms with Crippen LogP contribution in [0.4, 0.5) is 0 Å². The minimum absolute atomic E-state index is 0.239. The van der Waals surface area contributed by atoms with Gasteiger partial charge in [0.05, 0.1) is 6.21 Å². The molecule has 4 aromatic carbocycles. The highest BCUT2D eigenvalue weighted by Crippen LogP contribution is 2.19. The van der Waals surface area contributed by atoms with E-state index >= 15 is 0 Å². The van der Waals surface area contributed by atoms with Gasteiger partial charge in [0.25, 0.3) is 5.91 Å². The van der Waals surface area contributed by atoms with E-state index in [4.69, 9.17) is 16.3 Å². The molecule has 0 bridgehead atoms. The summed E-state index contributed by atoms with van der Waals surface area (Å²) < 4.78 is 5.81. The lowest BCUT2D eigenvalue weighted by atomic mass is 10.1. The Morgan fingerprint density at radius 2 is 1.38 bits per heavy atom. The first-order chi connectivity index (χ1) is 19.6. The van der Waals surface area contributed by atoms with E-state index in [1.165, 1.54) is 11.1 Å². The van der Waals surface area contributed by atoms with Gasteiger partial charge in [0, 0.05) is 55.4 Å². The van der Waals surface area contributed by atoms with Crippen molar-refractivity contribution in [2.45, 2.75) is 19.7 Å². The van der Waals surface area contributed by atoms with Gasteiger partial charge in [-0.25, -0.2) is 5.43 Å². The normalized spacial score (nSPS) is 14.3. The smallest absolute Gasteiger partial charge is 0.271 e. The van der Waals surface area contributed by atoms with Crippen LogP contribution >= 0.6 is 11.6 Å². The fourth-order valence-electron chi connectivity index (χ4n) is 4.62. The summed E-state index contributed by atoms with van der Waals surface area (Å²) in [7, 11) is 0. The predicted molar refractivity (Wildman–Crippen MR) is 161 cm³/mol. The Balaban J connectivity index is 1.04. The van der Waals surface area contributed by atoms with Gasteiger partial charge in [0.1, 0.15) is 12.4 Å². The summed E-state index contributed by atoms with van der Waals surface area (Å²) in [5, 5.41) is 4.80. The molecule has 1 amide bonds. The van der Waals surface area contributed by atoms with Crippen molar-refractivity contribution in [2.24, 2.45) is 5.10 Å². The first-order valence-corrected chi connectivity index (χ1v) is 13.9. The third-order valence-electron chi connectivity index (χ3n) is 6.95. The number of piperazine rings is 1. The Morgan fingerprint density at radius 1 is 0.775 bits per heavy atom. The van der Waals surface area contributed by atoms with Crippen LogP contribution in [0.15, 0.2) is 108 Å². The highest BCUT2D eigenvalue weighted by atomic mass is 35.5. The molecular formula is C33H33ClN4O2. The molecule has 0 aliphatic carbocycles. The number of ether oxygens (including phenoxy) is 1. The minimum atomic E-state index is -0.239. The van der Waals surface area contributed by atoms with Gasteiger partial charge in [-0.3, -0.25) is 14.6 Å². The summed E-state index contributed by atoms with van der Waals surface area (Å²) >= 11 is 6.18. The molecule has 6 nitrogen and oxygen atoms in total. The van der Waals surface area contributed by atoms with E-state index in [0.717, 1.165) is 56.1 Å². The Kier molecular flexibility index (Phi) is 9.59. The molecule has 1 saturated heterocycles. The first kappa shape index (κ1) is 27.6. The van der Waals surface area contributed by atoms with Gasteiger partial charge in [-0.1, -0.05) is 72.3 Å². The second-order valence-corrected chi connectivity index (χ2v) is 10.3. The van der Waals surface area contributed by atoms with Gasteiger partial charge >= 0.3 is 0 Å². The molecule has 0 aromatic heterocycles. The summed E-state index contributed by atoms with van der Waals surface area (Å²) in [6.45, 7) is 6.49. The van der Waals surface area contributed by atoms with Crippen LogP contribution in [0, 0.1) is 0 Å². The quantitative estimate of drug-likeness (QED) is 0.194. The van der Waals surface area contributed by atoms with E-state index in [2.05, 4.69) is 50.7 Å². The number of carbonyl (C=O) groups is 1. The number of hydrazone groups is 1. The minimum Gasteiger partial charge on any atom is -0.489 e. The average molecular weight is 553 g/mol. The maximum atomic E-state index is 12.6. The average Bonchev–Trinajstić information content (AvgIpc) is 2.99. The standard InChI is InChI=1S/C33H33ClN4O2/c34-32-9-5-4-8-30(32)25-40-31-16-12-26(13-17-31)22-35-36-33(39)29-14-10-28(11-15-29)24-38-20-18-37(19-21-38)23-27-6-2-1-3-7-27/h1-17,22H,18-21,23-25H2,(H,36,39)/b35-22-. The first-order valence-electron chi connectivity index (χ1n) is 13.5. The van der Waals surface area contributed by atoms with Crippen molar-refractivity contribution in [1.29, 1.82) is 0 Å². The third-order valence-corrected chi connectivity index (χ3v) is 7.32. The van der Waals surface area contributed by atoms with Crippen molar-refractivity contribution >= 4 is 23.7 Å². The highest BCUT2D eigenvalue weighted by molar-refractivity contribution is 6.31. The molecule has 40 heavy (non-hydrogen) atoms. The molecule has 1 N–H and O–H groups in total. The van der Waals surface area contributed by atoms with E-state index < -0.39 is 0 Å². The number of nitrogens with zero attached hydrogens (tertiary/aromatic N) is 3. The van der Waals surface area contributed by atoms with Gasteiger partial charge in [0.15, 0.2) is 0 Å². The van der Waals surface area contributed by atoms with Gasteiger partial charge in [-0.15, -0.1) is 0 Å². The fourth-order valence-corrected chi connectivity index (χ4v) is 4.81. The zero-order valence-corrected chi connectivity index (χ0v) is 23.1. The van der Waals surface area contributed by atoms with Crippen LogP contribution < -0.4 is 10.2 Å². The number of carbonyl (C=O) groups excluding carboxylic acids is 1. The summed E-state index contributed by atoms with van der Waals surface area (Å²) in [6.07, 6.45) is 1.61. The van der Waals surface area contributed by atoms with Gasteiger partial charge < -0.3 is 4.74 Å². The van der Waals surface area contributed by atoms with Crippen LogP contribution in [-0.4, -0.2) is 48.1 Å². The van der Waals surface area contributed by atoms with Crippen LogP contribution in [0.1, 0.15) is 32.6 Å². The van der Waals surface area contributed by atoms with E-state index in [1.54, 1.807) is 6.21 Å². The molecule has 1 heterocycles. The molecule has 0 unspecified atom stereocenters. The lowest BCUT2D eigenvalue weighted by Crippen LogP contribution is -2.45. The highest BCUT2D eigenvalue weighted by Gasteiger charge is 2.17. The number of nitrogens with one attached hydrogen (secondary N) is 1. The van der Waals surface area contributed by atoms with Crippen LogP contribution in [0.5, 0.6) is 5.75 Å². The van der Waals surface area contributed by atoms with Gasteiger partial charge in [-0.2, -0.15) is 5.10 Å². The number of hydrogen-bond donors (Lipinski definition) is 1. The molecular weight excluding hydrogens is 520 g/mol. The molecule has 0 atom stereocenters. The Morgan fingerprint density at radius 3 is 2.02 bits per heavy atom. The van der Waals surface area contributed by atoms with Gasteiger partial charge in [0.2, 0.25) is 0 Å². The molecule has 5 rings (SSSR count). The van der Waals surface area contributed by atoms with Crippen LogP contribution in [0.25, 0.3) is 0 Å². The van der Waals surface area contributed by atoms with E-state index in [1.807, 2.05) is 72.8 Å². The molecule has 0 saturated carbocycles. The van der Waals surface area contributed by atoms with E-state index in [9.17, 15) is 4.79 Å². The van der Waals surface area contributed by atoms with Crippen LogP contribution in [0.2, 0.25) is 5.02 Å². The summed E-state index contributed by atoms with van der Waals surface area (Å²) in [4.78, 5) is 17.5. The fraction of sp³-hybridized carbons (Fsp3) is 0.212. The van der Waals surface area contributed by atoms with Crippen LogP contribution in [0.3, 0.4) is 0 Å². The lowest BCUT2D eigenvalue weighted by molar-refractivity contribution is 0.0955. The Hall–Kier alpha value is -3.97. The van der Waals surface area contributed by atoms with Gasteiger partial charge in [-0.05, 0) is 59.2 Å². The lowest BCUT2D eigenvalue weighted by Gasteiger charge is -2.34. The number of rotatable bonds is 10. The zero-order valence-electron chi connectivity index (χ0n) is 22.4. The van der Waals surface area contributed by atoms with Crippen molar-refractivity contribution in [1.82, 2.24) is 15.2 Å². The molecule has 1 aliphatic heterocycles. The Bertz CT molecular complexity index is 1400. The van der Waals surface area contributed by atoms with Crippen molar-refractivity contribution in [3.8, 4) is 5.75 Å². The summed E-state index contributed by atoms with van der Waals surface area (Å²) in [5.41, 5.74) is 7.54. The maximum Gasteiger partial charge on any atom is 0.271 e. The molecule has 7 heteroatoms. The topological polar surface area (TPSA) is 57.2 Å². The van der Waals surface area contributed by atoms with E-state index in [0.29, 0.717) is 17.2 Å². The second-order valence-electron chi connectivity index (χ2n) is 9.88. The molecule has 204 valence electrons. The maximum absolute atomic E-state index is 12.6. The summed E-state index contributed by atoms with van der Waals surface area (Å²) in [5.74, 6) is 0.493. The summed E-state index contributed by atoms with van der Waals surface area (Å²) in [6, 6.07) is 33.5. The molecule has 0 spiro atoms. The monoisotopic (exact) mass is 552 g/mol. The SMILES string of the molecule is O=C(N/N=C\c1ccc(OCc2ccccc2Cl)cc1)c1ccc(CN2CCN(Cc3ccccc3)CC2)cc1. The number of amides is 1. The molecule has 4 aromatic rings. The molecule has 1 aliphatic rings. The van der Waals surface area contributed by atoms with Crippen molar-refractivity contribution < 1.29 is 9.53 Å². The van der Waals surface area contributed by atoms with Crippen molar-refractivity contribution in [3.05, 3.63) is 136 Å². The third kappa shape index (κ3) is 8.02. The number of benzene rings is 4. The van der Waals surface area contributed by atoms with Crippen molar-refractivity contribution in [3.63, 3.8) is 0 Å². The zero-order chi connectivity index (χ0) is 27.6. The number of halogens is 1. The second kappa shape index (κ2) is 13.9. The van der Waals surface area contributed by atoms with Crippen molar-refractivity contribution in [2.75, 3.05) is 26.2 Å². The molecule has 1 fully saturated rings. The van der Waals surface area contributed by atoms with E-state index in [-0.39, 0.29) is 5.91 Å².